The number of para-hydroxylation sites is 1. The summed E-state index contributed by atoms with van der Waals surface area (Å²) < 4.78 is 5.10. The number of nitrogens with zero attached hydrogens (tertiary/aromatic N) is 1. The van der Waals surface area contributed by atoms with Gasteiger partial charge in [-0.15, -0.1) is 0 Å². The van der Waals surface area contributed by atoms with Crippen molar-refractivity contribution in [3.05, 3.63) is 78.3 Å². The summed E-state index contributed by atoms with van der Waals surface area (Å²) in [6, 6.07) is 17.8. The molecule has 0 atom stereocenters. The van der Waals surface area contributed by atoms with Crippen molar-refractivity contribution >= 4 is 28.9 Å². The Bertz CT molecular complexity index is 930. The van der Waals surface area contributed by atoms with Gasteiger partial charge in [0.05, 0.1) is 17.5 Å². The molecule has 0 spiro atoms. The highest BCUT2D eigenvalue weighted by molar-refractivity contribution is 6.12. The van der Waals surface area contributed by atoms with Crippen molar-refractivity contribution in [1.29, 1.82) is 0 Å². The van der Waals surface area contributed by atoms with Gasteiger partial charge in [-0.05, 0) is 62.4 Å². The smallest absolute Gasteiger partial charge is 0.291 e. The Hall–Kier alpha value is -3.54. The predicted octanol–water partition coefficient (Wildman–Crippen LogP) is 4.63. The highest BCUT2D eigenvalue weighted by atomic mass is 16.3. The standard InChI is InChI=1S/C22H23N3O3/c1-3-25(4-2)17-13-11-16(12-14-17)23-21(26)18-8-5-6-9-19(18)24-22(27)20-10-7-15-28-20/h5-15H,3-4H2,1-2H3,(H,23,26)(H,24,27). The number of nitrogens with one attached hydrogen (secondary N) is 2. The van der Waals surface area contributed by atoms with Gasteiger partial charge in [-0.1, -0.05) is 12.1 Å². The van der Waals surface area contributed by atoms with Gasteiger partial charge in [0, 0.05) is 24.5 Å². The van der Waals surface area contributed by atoms with Crippen molar-refractivity contribution in [2.45, 2.75) is 13.8 Å². The van der Waals surface area contributed by atoms with Gasteiger partial charge in [0.1, 0.15) is 0 Å². The lowest BCUT2D eigenvalue weighted by Crippen LogP contribution is -2.21. The van der Waals surface area contributed by atoms with Crippen LogP contribution in [0.25, 0.3) is 0 Å². The van der Waals surface area contributed by atoms with E-state index >= 15 is 0 Å². The van der Waals surface area contributed by atoms with E-state index in [0.29, 0.717) is 16.9 Å². The van der Waals surface area contributed by atoms with Crippen molar-refractivity contribution in [3.8, 4) is 0 Å². The second-order valence-corrected chi connectivity index (χ2v) is 6.15. The topological polar surface area (TPSA) is 74.6 Å². The Labute approximate surface area is 164 Å². The van der Waals surface area contributed by atoms with E-state index in [9.17, 15) is 9.59 Å². The Balaban J connectivity index is 1.73. The number of benzene rings is 2. The fraction of sp³-hybridized carbons (Fsp3) is 0.182. The molecule has 0 saturated carbocycles. The van der Waals surface area contributed by atoms with E-state index in [-0.39, 0.29) is 11.7 Å². The summed E-state index contributed by atoms with van der Waals surface area (Å²) in [5.41, 5.74) is 2.58. The van der Waals surface area contributed by atoms with Crippen LogP contribution in [0, 0.1) is 0 Å². The molecule has 0 aliphatic heterocycles. The Morgan fingerprint density at radius 2 is 1.57 bits per heavy atom. The highest BCUT2D eigenvalue weighted by Gasteiger charge is 2.15. The summed E-state index contributed by atoms with van der Waals surface area (Å²) >= 11 is 0. The number of carbonyl (C=O) groups is 2. The number of amides is 2. The summed E-state index contributed by atoms with van der Waals surface area (Å²) in [4.78, 5) is 27.2. The first kappa shape index (κ1) is 19.2. The van der Waals surface area contributed by atoms with E-state index in [1.807, 2.05) is 24.3 Å². The molecule has 2 N–H and O–H groups in total. The summed E-state index contributed by atoms with van der Waals surface area (Å²) in [5.74, 6) is -0.526. The molecule has 0 aliphatic rings. The molecule has 1 aromatic heterocycles. The van der Waals surface area contributed by atoms with E-state index < -0.39 is 5.91 Å². The van der Waals surface area contributed by atoms with E-state index in [2.05, 4.69) is 29.4 Å². The van der Waals surface area contributed by atoms with E-state index in [0.717, 1.165) is 18.8 Å². The maximum absolute atomic E-state index is 12.7. The lowest BCUT2D eigenvalue weighted by molar-refractivity contribution is 0.0996. The normalized spacial score (nSPS) is 10.4. The van der Waals surface area contributed by atoms with E-state index in [1.54, 1.807) is 36.4 Å². The molecule has 1 heterocycles. The van der Waals surface area contributed by atoms with Crippen LogP contribution < -0.4 is 15.5 Å². The van der Waals surface area contributed by atoms with Crippen molar-refractivity contribution in [1.82, 2.24) is 0 Å². The molecular weight excluding hydrogens is 354 g/mol. The van der Waals surface area contributed by atoms with Crippen LogP contribution >= 0.6 is 0 Å². The van der Waals surface area contributed by atoms with Crippen LogP contribution in [0.2, 0.25) is 0 Å². The van der Waals surface area contributed by atoms with Gasteiger partial charge in [-0.3, -0.25) is 9.59 Å². The Kier molecular flexibility index (Phi) is 6.11. The number of rotatable bonds is 7. The summed E-state index contributed by atoms with van der Waals surface area (Å²) in [6.07, 6.45) is 1.43. The third kappa shape index (κ3) is 4.40. The molecule has 2 aromatic carbocycles. The fourth-order valence-electron chi connectivity index (χ4n) is 2.92. The van der Waals surface area contributed by atoms with Crippen molar-refractivity contribution in [2.75, 3.05) is 28.6 Å². The Morgan fingerprint density at radius 3 is 2.21 bits per heavy atom. The molecule has 2 amide bonds. The average Bonchev–Trinajstić information content (AvgIpc) is 3.25. The molecule has 6 nitrogen and oxygen atoms in total. The molecule has 0 aliphatic carbocycles. The zero-order chi connectivity index (χ0) is 19.9. The van der Waals surface area contributed by atoms with Crippen LogP contribution in [-0.4, -0.2) is 24.9 Å². The summed E-state index contributed by atoms with van der Waals surface area (Å²) in [7, 11) is 0. The molecule has 3 aromatic rings. The molecule has 28 heavy (non-hydrogen) atoms. The number of carbonyl (C=O) groups excluding carboxylic acids is 2. The molecule has 6 heteroatoms. The molecule has 0 radical (unpaired) electrons. The molecule has 144 valence electrons. The van der Waals surface area contributed by atoms with Gasteiger partial charge in [0.15, 0.2) is 5.76 Å². The monoisotopic (exact) mass is 377 g/mol. The predicted molar refractivity (Wildman–Crippen MR) is 111 cm³/mol. The first-order valence-corrected chi connectivity index (χ1v) is 9.22. The molecular formula is C22H23N3O3. The lowest BCUT2D eigenvalue weighted by Gasteiger charge is -2.21. The van der Waals surface area contributed by atoms with Crippen LogP contribution in [0.1, 0.15) is 34.8 Å². The van der Waals surface area contributed by atoms with Crippen LogP contribution in [0.5, 0.6) is 0 Å². The Morgan fingerprint density at radius 1 is 0.857 bits per heavy atom. The molecule has 0 saturated heterocycles. The lowest BCUT2D eigenvalue weighted by atomic mass is 10.1. The largest absolute Gasteiger partial charge is 0.459 e. The van der Waals surface area contributed by atoms with E-state index in [4.69, 9.17) is 4.42 Å². The third-order valence-electron chi connectivity index (χ3n) is 4.42. The minimum absolute atomic E-state index is 0.183. The summed E-state index contributed by atoms with van der Waals surface area (Å²) in [5, 5.41) is 5.60. The minimum Gasteiger partial charge on any atom is -0.459 e. The number of hydrogen-bond acceptors (Lipinski definition) is 4. The minimum atomic E-state index is -0.408. The molecule has 3 rings (SSSR count). The van der Waals surface area contributed by atoms with Gasteiger partial charge in [0.25, 0.3) is 11.8 Å². The zero-order valence-electron chi connectivity index (χ0n) is 15.9. The number of hydrogen-bond donors (Lipinski definition) is 2. The quantitative estimate of drug-likeness (QED) is 0.629. The number of anilines is 3. The van der Waals surface area contributed by atoms with Gasteiger partial charge in [0.2, 0.25) is 0 Å². The molecule has 0 bridgehead atoms. The fourth-order valence-corrected chi connectivity index (χ4v) is 2.92. The van der Waals surface area contributed by atoms with Crippen LogP contribution in [0.3, 0.4) is 0 Å². The van der Waals surface area contributed by atoms with Gasteiger partial charge < -0.3 is 20.0 Å². The zero-order valence-corrected chi connectivity index (χ0v) is 15.9. The van der Waals surface area contributed by atoms with Gasteiger partial charge in [-0.2, -0.15) is 0 Å². The average molecular weight is 377 g/mol. The second-order valence-electron chi connectivity index (χ2n) is 6.15. The SMILES string of the molecule is CCN(CC)c1ccc(NC(=O)c2ccccc2NC(=O)c2ccco2)cc1. The first-order chi connectivity index (χ1) is 13.6. The molecule has 0 unspecified atom stereocenters. The van der Waals surface area contributed by atoms with Crippen molar-refractivity contribution in [2.24, 2.45) is 0 Å². The second kappa shape index (κ2) is 8.90. The molecule has 0 fully saturated rings. The third-order valence-corrected chi connectivity index (χ3v) is 4.42. The van der Waals surface area contributed by atoms with Crippen molar-refractivity contribution < 1.29 is 14.0 Å². The van der Waals surface area contributed by atoms with Crippen LogP contribution in [-0.2, 0) is 0 Å². The summed E-state index contributed by atoms with van der Waals surface area (Å²) in [6.45, 7) is 6.05. The van der Waals surface area contributed by atoms with Crippen molar-refractivity contribution in [3.63, 3.8) is 0 Å². The van der Waals surface area contributed by atoms with Gasteiger partial charge >= 0.3 is 0 Å². The number of furan rings is 1. The van der Waals surface area contributed by atoms with Crippen LogP contribution in [0.15, 0.2) is 71.3 Å². The highest BCUT2D eigenvalue weighted by Crippen LogP contribution is 2.21. The van der Waals surface area contributed by atoms with Gasteiger partial charge in [-0.25, -0.2) is 0 Å². The maximum Gasteiger partial charge on any atom is 0.291 e. The maximum atomic E-state index is 12.7. The van der Waals surface area contributed by atoms with Crippen LogP contribution in [0.4, 0.5) is 17.1 Å². The van der Waals surface area contributed by atoms with E-state index in [1.165, 1.54) is 6.26 Å². The first-order valence-electron chi connectivity index (χ1n) is 9.22.